The molecular formula is C16H17N3O3S. The van der Waals surface area contributed by atoms with Crippen molar-refractivity contribution in [3.05, 3.63) is 23.6 Å². The number of hydrogen-bond donors (Lipinski definition) is 2. The molecule has 2 aromatic rings. The Morgan fingerprint density at radius 2 is 2.26 bits per heavy atom. The van der Waals surface area contributed by atoms with Gasteiger partial charge in [-0.3, -0.25) is 4.79 Å². The van der Waals surface area contributed by atoms with Gasteiger partial charge in [0.15, 0.2) is 16.6 Å². The van der Waals surface area contributed by atoms with Crippen LogP contribution in [0.25, 0.3) is 11.3 Å². The minimum Gasteiger partial charge on any atom is -0.454 e. The van der Waals surface area contributed by atoms with Crippen LogP contribution in [0.2, 0.25) is 0 Å². The third-order valence-electron chi connectivity index (χ3n) is 4.07. The van der Waals surface area contributed by atoms with Crippen molar-refractivity contribution in [2.24, 2.45) is 5.92 Å². The highest BCUT2D eigenvalue weighted by molar-refractivity contribution is 7.14. The van der Waals surface area contributed by atoms with Crippen LogP contribution >= 0.6 is 11.3 Å². The van der Waals surface area contributed by atoms with E-state index in [0.717, 1.165) is 48.7 Å². The molecule has 0 saturated carbocycles. The van der Waals surface area contributed by atoms with E-state index in [0.29, 0.717) is 5.13 Å². The molecule has 1 fully saturated rings. The number of piperidine rings is 1. The zero-order chi connectivity index (χ0) is 15.6. The minimum atomic E-state index is 0.0293. The molecule has 4 rings (SSSR count). The second-order valence-electron chi connectivity index (χ2n) is 5.64. The topological polar surface area (TPSA) is 72.5 Å². The van der Waals surface area contributed by atoms with E-state index in [1.54, 1.807) is 0 Å². The highest BCUT2D eigenvalue weighted by atomic mass is 32.1. The predicted octanol–water partition coefficient (Wildman–Crippen LogP) is 2.48. The van der Waals surface area contributed by atoms with Crippen LogP contribution in [0.1, 0.15) is 12.8 Å². The zero-order valence-corrected chi connectivity index (χ0v) is 13.3. The van der Waals surface area contributed by atoms with Gasteiger partial charge >= 0.3 is 0 Å². The van der Waals surface area contributed by atoms with Gasteiger partial charge in [0.25, 0.3) is 0 Å². The zero-order valence-electron chi connectivity index (χ0n) is 12.5. The quantitative estimate of drug-likeness (QED) is 0.904. The summed E-state index contributed by atoms with van der Waals surface area (Å²) in [6, 6.07) is 5.73. The Kier molecular flexibility index (Phi) is 3.88. The third kappa shape index (κ3) is 3.02. The van der Waals surface area contributed by atoms with Crippen LogP contribution in [-0.4, -0.2) is 30.8 Å². The van der Waals surface area contributed by atoms with E-state index < -0.39 is 0 Å². The van der Waals surface area contributed by atoms with E-state index in [4.69, 9.17) is 9.47 Å². The summed E-state index contributed by atoms with van der Waals surface area (Å²) in [6.07, 6.45) is 1.97. The molecule has 1 amide bonds. The monoisotopic (exact) mass is 331 g/mol. The fourth-order valence-corrected chi connectivity index (χ4v) is 3.53. The van der Waals surface area contributed by atoms with Crippen LogP contribution in [-0.2, 0) is 4.79 Å². The Hall–Kier alpha value is -2.12. The summed E-state index contributed by atoms with van der Waals surface area (Å²) >= 11 is 1.43. The molecule has 2 N–H and O–H groups in total. The number of ether oxygens (including phenoxy) is 2. The highest BCUT2D eigenvalue weighted by Crippen LogP contribution is 2.36. The number of nitrogens with one attached hydrogen (secondary N) is 2. The number of amides is 1. The maximum atomic E-state index is 12.2. The normalized spacial score (nSPS) is 19.6. The lowest BCUT2D eigenvalue weighted by atomic mass is 9.99. The van der Waals surface area contributed by atoms with Gasteiger partial charge in [0.1, 0.15) is 0 Å². The number of nitrogens with zero attached hydrogens (tertiary/aromatic N) is 1. The van der Waals surface area contributed by atoms with Crippen LogP contribution < -0.4 is 20.1 Å². The lowest BCUT2D eigenvalue weighted by molar-refractivity contribution is -0.120. The van der Waals surface area contributed by atoms with Gasteiger partial charge in [-0.1, -0.05) is 0 Å². The molecule has 0 aliphatic carbocycles. The van der Waals surface area contributed by atoms with Crippen molar-refractivity contribution < 1.29 is 14.3 Å². The molecule has 6 nitrogen and oxygen atoms in total. The second kappa shape index (κ2) is 6.17. The van der Waals surface area contributed by atoms with Gasteiger partial charge < -0.3 is 20.1 Å². The Morgan fingerprint density at radius 3 is 3.13 bits per heavy atom. The summed E-state index contributed by atoms with van der Waals surface area (Å²) in [5.74, 6) is 1.56. The van der Waals surface area contributed by atoms with E-state index in [1.807, 2.05) is 23.6 Å². The Bertz CT molecular complexity index is 725. The summed E-state index contributed by atoms with van der Waals surface area (Å²) in [5, 5.41) is 8.75. The molecule has 120 valence electrons. The molecule has 0 bridgehead atoms. The average Bonchev–Trinajstić information content (AvgIpc) is 3.23. The number of carbonyl (C=O) groups is 1. The van der Waals surface area contributed by atoms with Crippen LogP contribution in [0.5, 0.6) is 11.5 Å². The van der Waals surface area contributed by atoms with Gasteiger partial charge in [-0.2, -0.15) is 0 Å². The SMILES string of the molecule is O=C(Nc1nc(-c2ccc3c(c2)OCO3)cs1)C1CCCNC1. The molecule has 1 unspecified atom stereocenters. The summed E-state index contributed by atoms with van der Waals surface area (Å²) in [7, 11) is 0. The summed E-state index contributed by atoms with van der Waals surface area (Å²) in [5.41, 5.74) is 1.77. The molecule has 2 aliphatic rings. The molecule has 1 saturated heterocycles. The first-order valence-electron chi connectivity index (χ1n) is 7.67. The molecule has 3 heterocycles. The smallest absolute Gasteiger partial charge is 0.231 e. The number of rotatable bonds is 3. The first-order valence-corrected chi connectivity index (χ1v) is 8.55. The minimum absolute atomic E-state index is 0.0293. The molecule has 7 heteroatoms. The number of benzene rings is 1. The average molecular weight is 331 g/mol. The van der Waals surface area contributed by atoms with Gasteiger partial charge in [-0.25, -0.2) is 4.98 Å². The fourth-order valence-electron chi connectivity index (χ4n) is 2.80. The first kappa shape index (κ1) is 14.5. The molecule has 0 radical (unpaired) electrons. The number of carbonyl (C=O) groups excluding carboxylic acids is 1. The lowest BCUT2D eigenvalue weighted by Gasteiger charge is -2.21. The van der Waals surface area contributed by atoms with E-state index in [-0.39, 0.29) is 18.6 Å². The van der Waals surface area contributed by atoms with E-state index in [9.17, 15) is 4.79 Å². The van der Waals surface area contributed by atoms with Gasteiger partial charge in [0.05, 0.1) is 11.6 Å². The molecular weight excluding hydrogens is 314 g/mol. The largest absolute Gasteiger partial charge is 0.454 e. The number of hydrogen-bond acceptors (Lipinski definition) is 6. The molecule has 1 aromatic heterocycles. The van der Waals surface area contributed by atoms with Crippen LogP contribution in [0, 0.1) is 5.92 Å². The van der Waals surface area contributed by atoms with Crippen molar-refractivity contribution in [3.8, 4) is 22.8 Å². The van der Waals surface area contributed by atoms with Gasteiger partial charge in [-0.05, 0) is 37.6 Å². The Labute approximate surface area is 137 Å². The standard InChI is InChI=1S/C16H17N3O3S/c20-15(11-2-1-5-17-7-11)19-16-18-12(8-23-16)10-3-4-13-14(6-10)22-9-21-13/h3-4,6,8,11,17H,1-2,5,7,9H2,(H,18,19,20). The number of anilines is 1. The summed E-state index contributed by atoms with van der Waals surface area (Å²) in [4.78, 5) is 16.8. The maximum absolute atomic E-state index is 12.2. The van der Waals surface area contributed by atoms with Crippen LogP contribution in [0.4, 0.5) is 5.13 Å². The van der Waals surface area contributed by atoms with Gasteiger partial charge in [0, 0.05) is 17.5 Å². The van der Waals surface area contributed by atoms with Gasteiger partial charge in [-0.15, -0.1) is 11.3 Å². The van der Waals surface area contributed by atoms with Crippen LogP contribution in [0.15, 0.2) is 23.6 Å². The van der Waals surface area contributed by atoms with Gasteiger partial charge in [0.2, 0.25) is 12.7 Å². The number of aromatic nitrogens is 1. The van der Waals surface area contributed by atoms with Crippen molar-refractivity contribution >= 4 is 22.4 Å². The third-order valence-corrected chi connectivity index (χ3v) is 4.83. The number of thiazole rings is 1. The Morgan fingerprint density at radius 1 is 1.35 bits per heavy atom. The lowest BCUT2D eigenvalue weighted by Crippen LogP contribution is -2.37. The summed E-state index contributed by atoms with van der Waals surface area (Å²) < 4.78 is 10.7. The van der Waals surface area contributed by atoms with Crippen LogP contribution in [0.3, 0.4) is 0 Å². The van der Waals surface area contributed by atoms with Crippen molar-refractivity contribution in [2.45, 2.75) is 12.8 Å². The van der Waals surface area contributed by atoms with Crippen molar-refractivity contribution in [1.29, 1.82) is 0 Å². The second-order valence-corrected chi connectivity index (χ2v) is 6.50. The molecule has 1 atom stereocenters. The van der Waals surface area contributed by atoms with E-state index >= 15 is 0 Å². The number of fused-ring (bicyclic) bond motifs is 1. The van der Waals surface area contributed by atoms with E-state index in [1.165, 1.54) is 11.3 Å². The van der Waals surface area contributed by atoms with Crippen molar-refractivity contribution in [3.63, 3.8) is 0 Å². The predicted molar refractivity (Wildman–Crippen MR) is 87.9 cm³/mol. The highest BCUT2D eigenvalue weighted by Gasteiger charge is 2.22. The molecule has 1 aromatic carbocycles. The fraction of sp³-hybridized carbons (Fsp3) is 0.375. The molecule has 2 aliphatic heterocycles. The molecule has 0 spiro atoms. The van der Waals surface area contributed by atoms with E-state index in [2.05, 4.69) is 15.6 Å². The first-order chi connectivity index (χ1) is 11.3. The Balaban J connectivity index is 1.47. The maximum Gasteiger partial charge on any atom is 0.231 e. The summed E-state index contributed by atoms with van der Waals surface area (Å²) in [6.45, 7) is 1.99. The van der Waals surface area contributed by atoms with Crippen molar-refractivity contribution in [2.75, 3.05) is 25.2 Å². The van der Waals surface area contributed by atoms with Crippen molar-refractivity contribution in [1.82, 2.24) is 10.3 Å². The molecule has 23 heavy (non-hydrogen) atoms.